The topological polar surface area (TPSA) is 9.23 Å². The zero-order valence-corrected chi connectivity index (χ0v) is 21.4. The maximum Gasteiger partial charge on any atom is 0.115 e. The summed E-state index contributed by atoms with van der Waals surface area (Å²) in [4.78, 5) is 0. The van der Waals surface area contributed by atoms with Gasteiger partial charge in [-0.25, -0.2) is 2.92 Å². The molecule has 1 aliphatic carbocycles. The average molecular weight is 621 g/mol. The van der Waals surface area contributed by atoms with E-state index in [2.05, 4.69) is 84.0 Å². The molecule has 0 aromatic heterocycles. The van der Waals surface area contributed by atoms with E-state index in [1.807, 2.05) is 12.1 Å². The van der Waals surface area contributed by atoms with Crippen molar-refractivity contribution in [3.63, 3.8) is 0 Å². The van der Waals surface area contributed by atoms with E-state index in [4.69, 9.17) is 69.6 Å². The first-order valence-electron chi connectivity index (χ1n) is 7.69. The summed E-state index contributed by atoms with van der Waals surface area (Å²) >= 11 is 40.4. The number of hydrogen-bond acceptors (Lipinski definition) is 1. The number of alkyl halides is 6. The van der Waals surface area contributed by atoms with Crippen molar-refractivity contribution in [2.45, 2.75) is 32.3 Å². The monoisotopic (exact) mass is 616 g/mol. The Balaban J connectivity index is 0.000000236. The third-order valence-electron chi connectivity index (χ3n) is 3.71. The molecule has 0 radical (unpaired) electrons. The summed E-state index contributed by atoms with van der Waals surface area (Å²) in [6.07, 6.45) is 0. The molecule has 2 aromatic carbocycles. The minimum absolute atomic E-state index is 0.437. The summed E-state index contributed by atoms with van der Waals surface area (Å²) in [7, 11) is 0. The van der Waals surface area contributed by atoms with Gasteiger partial charge in [-0.15, -0.1) is 69.6 Å². The van der Waals surface area contributed by atoms with E-state index < -0.39 is 32.3 Å². The number of halogens is 8. The Labute approximate surface area is 207 Å². The third kappa shape index (κ3) is 8.39. The Morgan fingerprint density at radius 3 is 0.852 bits per heavy atom. The Morgan fingerprint density at radius 2 is 0.667 bits per heavy atom. The fraction of sp³-hybridized carbons (Fsp3) is 0.333. The van der Waals surface area contributed by atoms with Gasteiger partial charge in [-0.3, -0.25) is 0 Å². The molecule has 9 heteroatoms. The Morgan fingerprint density at radius 1 is 0.481 bits per heavy atom. The van der Waals surface area contributed by atoms with Crippen LogP contribution in [0.1, 0.15) is 0 Å². The van der Waals surface area contributed by atoms with E-state index in [0.717, 1.165) is 0 Å². The molecule has 0 amide bonds. The van der Waals surface area contributed by atoms with Crippen LogP contribution in [-0.4, -0.2) is 32.3 Å². The fourth-order valence-electron chi connectivity index (χ4n) is 2.32. The fourth-order valence-corrected chi connectivity index (χ4v) is 4.64. The van der Waals surface area contributed by atoms with Crippen LogP contribution in [0.25, 0.3) is 11.1 Å². The van der Waals surface area contributed by atoms with E-state index >= 15 is 0 Å². The molecule has 1 saturated carbocycles. The molecule has 1 nitrogen and oxygen atoms in total. The normalized spacial score (nSPS) is 29.6. The average Bonchev–Trinajstić information content (AvgIpc) is 2.72. The SMILES string of the molecule is BrOBr.Cl[C@H]1[C@H](Cl)[C@@H](Cl)[C@@H](Cl)[C@H](Cl)[C@H]1Cl.c1ccc(-c2ccccc2)cc1. The lowest BCUT2D eigenvalue weighted by Gasteiger charge is -2.37. The maximum atomic E-state index is 5.88. The standard InChI is InChI=1S/C12H10.C6H6Cl6.Br2O/c1-3-7-11(8-4-1)12-9-5-2-6-10-12;7-1-2(8)4(10)6(12)5(11)3(1)9;1-3-2/h1-10H;1-6H;/t;1-,2-,3-,4+,5+,6+;. The second-order valence-corrected chi connectivity index (χ2v) is 10.00. The van der Waals surface area contributed by atoms with Crippen LogP contribution in [0, 0.1) is 0 Å². The molecule has 0 heterocycles. The van der Waals surface area contributed by atoms with Gasteiger partial charge in [-0.05, 0) is 11.1 Å². The van der Waals surface area contributed by atoms with Crippen molar-refractivity contribution < 1.29 is 2.92 Å². The highest BCUT2D eigenvalue weighted by Gasteiger charge is 2.46. The molecular formula is C18H16Br2Cl6O. The van der Waals surface area contributed by atoms with Gasteiger partial charge >= 0.3 is 0 Å². The third-order valence-corrected chi connectivity index (χ3v) is 7.74. The highest BCUT2D eigenvalue weighted by Crippen LogP contribution is 2.39. The maximum absolute atomic E-state index is 5.88. The van der Waals surface area contributed by atoms with E-state index in [0.29, 0.717) is 0 Å². The van der Waals surface area contributed by atoms with E-state index in [-0.39, 0.29) is 0 Å². The van der Waals surface area contributed by atoms with Crippen LogP contribution in [0.4, 0.5) is 0 Å². The summed E-state index contributed by atoms with van der Waals surface area (Å²) in [6.45, 7) is 0. The van der Waals surface area contributed by atoms with Gasteiger partial charge in [0.1, 0.15) is 32.5 Å². The molecule has 0 aliphatic heterocycles. The minimum atomic E-state index is -0.437. The lowest BCUT2D eigenvalue weighted by Crippen LogP contribution is -2.52. The Kier molecular flexibility index (Phi) is 13.7. The molecule has 0 bridgehead atoms. The van der Waals surface area contributed by atoms with Crippen molar-refractivity contribution in [3.8, 4) is 11.1 Å². The number of rotatable bonds is 1. The Hall–Kier alpha value is 1.10. The summed E-state index contributed by atoms with van der Waals surface area (Å²) in [5, 5.41) is -2.62. The van der Waals surface area contributed by atoms with E-state index in [1.165, 1.54) is 11.1 Å². The molecule has 0 atom stereocenters. The molecule has 150 valence electrons. The molecular weight excluding hydrogens is 605 g/mol. The van der Waals surface area contributed by atoms with Crippen LogP contribution in [0.15, 0.2) is 60.7 Å². The van der Waals surface area contributed by atoms with Crippen LogP contribution in [0.5, 0.6) is 0 Å². The quantitative estimate of drug-likeness (QED) is 0.290. The zero-order valence-electron chi connectivity index (χ0n) is 13.7. The predicted octanol–water partition coefficient (Wildman–Crippen LogP) is 8.62. The first kappa shape index (κ1) is 26.1. The zero-order chi connectivity index (χ0) is 20.4. The van der Waals surface area contributed by atoms with Gasteiger partial charge in [0, 0.05) is 0 Å². The highest BCUT2D eigenvalue weighted by molar-refractivity contribution is 9.18. The molecule has 1 aliphatic rings. The van der Waals surface area contributed by atoms with Crippen molar-refractivity contribution in [2.75, 3.05) is 0 Å². The smallest absolute Gasteiger partial charge is 0.115 e. The minimum Gasteiger partial charge on any atom is -0.230 e. The molecule has 0 saturated heterocycles. The summed E-state index contributed by atoms with van der Waals surface area (Å²) < 4.78 is 3.88. The second kappa shape index (κ2) is 14.2. The van der Waals surface area contributed by atoms with Crippen LogP contribution in [0.2, 0.25) is 0 Å². The van der Waals surface area contributed by atoms with Crippen LogP contribution in [0.3, 0.4) is 0 Å². The van der Waals surface area contributed by atoms with E-state index in [1.54, 1.807) is 0 Å². The van der Waals surface area contributed by atoms with Gasteiger partial charge in [0.05, 0.1) is 32.3 Å². The van der Waals surface area contributed by atoms with Gasteiger partial charge in [0.2, 0.25) is 0 Å². The Bertz CT molecular complexity index is 540. The van der Waals surface area contributed by atoms with Crippen molar-refractivity contribution in [1.29, 1.82) is 0 Å². The first-order valence-corrected chi connectivity index (χ1v) is 11.6. The summed E-state index contributed by atoms with van der Waals surface area (Å²) in [6, 6.07) is 20.8. The molecule has 1 fully saturated rings. The summed E-state index contributed by atoms with van der Waals surface area (Å²) in [5.41, 5.74) is 2.55. The molecule has 2 aromatic rings. The number of benzene rings is 2. The summed E-state index contributed by atoms with van der Waals surface area (Å²) in [5.74, 6) is 0. The van der Waals surface area contributed by atoms with Crippen LogP contribution < -0.4 is 0 Å². The van der Waals surface area contributed by atoms with Crippen molar-refractivity contribution >= 4 is 102 Å². The van der Waals surface area contributed by atoms with Crippen LogP contribution in [-0.2, 0) is 2.92 Å². The number of hydrogen-bond donors (Lipinski definition) is 0. The highest BCUT2D eigenvalue weighted by atomic mass is 79.9. The molecule has 0 spiro atoms. The molecule has 0 N–H and O–H groups in total. The van der Waals surface area contributed by atoms with Crippen molar-refractivity contribution in [1.82, 2.24) is 0 Å². The molecule has 27 heavy (non-hydrogen) atoms. The lowest BCUT2D eigenvalue weighted by molar-refractivity contribution is 0.544. The van der Waals surface area contributed by atoms with Crippen LogP contribution >= 0.6 is 102 Å². The first-order chi connectivity index (χ1) is 12.8. The van der Waals surface area contributed by atoms with Gasteiger partial charge in [0.25, 0.3) is 0 Å². The predicted molar refractivity (Wildman–Crippen MR) is 129 cm³/mol. The van der Waals surface area contributed by atoms with E-state index in [9.17, 15) is 0 Å². The van der Waals surface area contributed by atoms with Gasteiger partial charge in [-0.1, -0.05) is 60.7 Å². The largest absolute Gasteiger partial charge is 0.230 e. The molecule has 0 unspecified atom stereocenters. The second-order valence-electron chi connectivity index (χ2n) is 5.46. The van der Waals surface area contributed by atoms with Crippen molar-refractivity contribution in [3.05, 3.63) is 60.7 Å². The van der Waals surface area contributed by atoms with Gasteiger partial charge in [0.15, 0.2) is 0 Å². The molecule has 3 rings (SSSR count). The van der Waals surface area contributed by atoms with Gasteiger partial charge in [-0.2, -0.15) is 0 Å². The lowest BCUT2D eigenvalue weighted by atomic mass is 9.97. The van der Waals surface area contributed by atoms with Gasteiger partial charge < -0.3 is 0 Å². The van der Waals surface area contributed by atoms with Crippen molar-refractivity contribution in [2.24, 2.45) is 0 Å².